The van der Waals surface area contributed by atoms with Crippen molar-refractivity contribution < 1.29 is 9.18 Å². The van der Waals surface area contributed by atoms with Gasteiger partial charge in [0.15, 0.2) is 5.82 Å². The van der Waals surface area contributed by atoms with Crippen molar-refractivity contribution in [3.63, 3.8) is 0 Å². The van der Waals surface area contributed by atoms with Gasteiger partial charge in [0.1, 0.15) is 5.82 Å². The second-order valence-electron chi connectivity index (χ2n) is 5.38. The number of pyridine rings is 1. The molecule has 2 heterocycles. The maximum absolute atomic E-state index is 13.1. The van der Waals surface area contributed by atoms with Gasteiger partial charge in [0.2, 0.25) is 11.9 Å². The zero-order chi connectivity index (χ0) is 17.8. The lowest BCUT2D eigenvalue weighted by molar-refractivity contribution is 0.102. The molecule has 7 nitrogen and oxygen atoms in total. The van der Waals surface area contributed by atoms with Crippen molar-refractivity contribution in [2.45, 2.75) is 0 Å². The van der Waals surface area contributed by atoms with Gasteiger partial charge < -0.3 is 4.90 Å². The second-order valence-corrected chi connectivity index (χ2v) is 5.38. The summed E-state index contributed by atoms with van der Waals surface area (Å²) in [4.78, 5) is 30.7. The topological polar surface area (TPSA) is 83.9 Å². The SMILES string of the molecule is CN(C)c1nc(NC(=O)c2cccnc2)nc(-c2ccc(F)cc2)n1. The largest absolute Gasteiger partial charge is 0.347 e. The van der Waals surface area contributed by atoms with E-state index in [-0.39, 0.29) is 17.7 Å². The molecule has 3 aromatic rings. The van der Waals surface area contributed by atoms with Gasteiger partial charge in [-0.15, -0.1) is 0 Å². The van der Waals surface area contributed by atoms with Crippen LogP contribution in [0.15, 0.2) is 48.8 Å². The van der Waals surface area contributed by atoms with E-state index in [1.54, 1.807) is 49.5 Å². The minimum absolute atomic E-state index is 0.104. The van der Waals surface area contributed by atoms with E-state index in [4.69, 9.17) is 0 Å². The van der Waals surface area contributed by atoms with Crippen molar-refractivity contribution in [2.75, 3.05) is 24.3 Å². The number of carbonyl (C=O) groups is 1. The first-order valence-corrected chi connectivity index (χ1v) is 7.43. The molecule has 2 aromatic heterocycles. The molecule has 0 fully saturated rings. The van der Waals surface area contributed by atoms with Gasteiger partial charge in [-0.1, -0.05) is 0 Å². The van der Waals surface area contributed by atoms with E-state index in [0.29, 0.717) is 22.9 Å². The van der Waals surface area contributed by atoms with Gasteiger partial charge in [-0.3, -0.25) is 15.1 Å². The van der Waals surface area contributed by atoms with Crippen LogP contribution in [-0.4, -0.2) is 39.9 Å². The minimum atomic E-state index is -0.380. The van der Waals surface area contributed by atoms with Crippen molar-refractivity contribution in [3.05, 3.63) is 60.2 Å². The molecule has 0 saturated carbocycles. The maximum Gasteiger partial charge on any atom is 0.259 e. The molecule has 1 N–H and O–H groups in total. The van der Waals surface area contributed by atoms with Crippen LogP contribution in [0.4, 0.5) is 16.3 Å². The van der Waals surface area contributed by atoms with E-state index >= 15 is 0 Å². The number of hydrogen-bond acceptors (Lipinski definition) is 6. The fourth-order valence-electron chi connectivity index (χ4n) is 2.02. The fraction of sp³-hybridized carbons (Fsp3) is 0.118. The Labute approximate surface area is 143 Å². The molecule has 0 aliphatic rings. The Morgan fingerprint density at radius 2 is 1.84 bits per heavy atom. The highest BCUT2D eigenvalue weighted by Gasteiger charge is 2.13. The Morgan fingerprint density at radius 1 is 1.08 bits per heavy atom. The highest BCUT2D eigenvalue weighted by atomic mass is 19.1. The number of aromatic nitrogens is 4. The third kappa shape index (κ3) is 3.92. The van der Waals surface area contributed by atoms with Crippen LogP contribution in [0.25, 0.3) is 11.4 Å². The smallest absolute Gasteiger partial charge is 0.259 e. The van der Waals surface area contributed by atoms with Crippen LogP contribution < -0.4 is 10.2 Å². The summed E-state index contributed by atoms with van der Waals surface area (Å²) in [5.74, 6) is 0.0766. The number of nitrogens with one attached hydrogen (secondary N) is 1. The lowest BCUT2D eigenvalue weighted by Gasteiger charge is -2.13. The summed E-state index contributed by atoms with van der Waals surface area (Å²) in [5, 5.41) is 2.63. The first-order chi connectivity index (χ1) is 12.0. The Hall–Kier alpha value is -3.42. The molecule has 1 aromatic carbocycles. The van der Waals surface area contributed by atoms with Gasteiger partial charge in [0.05, 0.1) is 5.56 Å². The number of halogens is 1. The maximum atomic E-state index is 13.1. The molecule has 25 heavy (non-hydrogen) atoms. The molecular formula is C17H15FN6O. The Kier molecular flexibility index (Phi) is 4.60. The van der Waals surface area contributed by atoms with Crippen LogP contribution >= 0.6 is 0 Å². The zero-order valence-corrected chi connectivity index (χ0v) is 13.6. The average molecular weight is 338 g/mol. The van der Waals surface area contributed by atoms with Gasteiger partial charge in [-0.05, 0) is 36.4 Å². The van der Waals surface area contributed by atoms with Crippen LogP contribution in [0.1, 0.15) is 10.4 Å². The molecule has 1 amide bonds. The standard InChI is InChI=1S/C17H15FN6O/c1-24(2)17-21-14(11-5-7-13(18)8-6-11)20-16(23-17)22-15(25)12-4-3-9-19-10-12/h3-10H,1-2H3,(H,20,21,22,23,25). The summed E-state index contributed by atoms with van der Waals surface area (Å²) in [7, 11) is 3.55. The molecule has 126 valence electrons. The third-order valence-corrected chi connectivity index (χ3v) is 3.28. The van der Waals surface area contributed by atoms with E-state index in [0.717, 1.165) is 0 Å². The minimum Gasteiger partial charge on any atom is -0.347 e. The quantitative estimate of drug-likeness (QED) is 0.786. The molecule has 8 heteroatoms. The van der Waals surface area contributed by atoms with Crippen molar-refractivity contribution in [2.24, 2.45) is 0 Å². The molecule has 3 rings (SSSR count). The van der Waals surface area contributed by atoms with E-state index in [2.05, 4.69) is 25.3 Å². The summed E-state index contributed by atoms with van der Waals surface area (Å²) in [6.07, 6.45) is 3.03. The van der Waals surface area contributed by atoms with Gasteiger partial charge in [0, 0.05) is 32.1 Å². The van der Waals surface area contributed by atoms with E-state index < -0.39 is 0 Å². The van der Waals surface area contributed by atoms with Crippen LogP contribution in [0.2, 0.25) is 0 Å². The summed E-state index contributed by atoms with van der Waals surface area (Å²) >= 11 is 0. The van der Waals surface area contributed by atoms with Crippen molar-refractivity contribution in [3.8, 4) is 11.4 Å². The third-order valence-electron chi connectivity index (χ3n) is 3.28. The van der Waals surface area contributed by atoms with Crippen molar-refractivity contribution in [1.29, 1.82) is 0 Å². The van der Waals surface area contributed by atoms with E-state index in [1.807, 2.05) is 0 Å². The van der Waals surface area contributed by atoms with Crippen LogP contribution in [-0.2, 0) is 0 Å². The van der Waals surface area contributed by atoms with Gasteiger partial charge >= 0.3 is 0 Å². The Morgan fingerprint density at radius 3 is 2.48 bits per heavy atom. The monoisotopic (exact) mass is 338 g/mol. The molecule has 0 radical (unpaired) electrons. The lowest BCUT2D eigenvalue weighted by Crippen LogP contribution is -2.19. The van der Waals surface area contributed by atoms with E-state index in [9.17, 15) is 9.18 Å². The number of amides is 1. The highest BCUT2D eigenvalue weighted by molar-refractivity contribution is 6.03. The zero-order valence-electron chi connectivity index (χ0n) is 13.6. The number of benzene rings is 1. The highest BCUT2D eigenvalue weighted by Crippen LogP contribution is 2.19. The second kappa shape index (κ2) is 7.00. The van der Waals surface area contributed by atoms with Gasteiger partial charge in [0.25, 0.3) is 5.91 Å². The van der Waals surface area contributed by atoms with Gasteiger partial charge in [-0.25, -0.2) is 4.39 Å². The summed E-state index contributed by atoms with van der Waals surface area (Å²) in [5.41, 5.74) is 1.00. The van der Waals surface area contributed by atoms with Gasteiger partial charge in [-0.2, -0.15) is 15.0 Å². The molecule has 0 aliphatic carbocycles. The molecule has 0 bridgehead atoms. The molecule has 0 atom stereocenters. The molecule has 0 saturated heterocycles. The summed E-state index contributed by atoms with van der Waals surface area (Å²) in [6.45, 7) is 0. The molecule has 0 spiro atoms. The Bertz CT molecular complexity index is 883. The number of carbonyl (C=O) groups excluding carboxylic acids is 1. The van der Waals surface area contributed by atoms with E-state index in [1.165, 1.54) is 18.3 Å². The molecule has 0 unspecified atom stereocenters. The fourth-order valence-corrected chi connectivity index (χ4v) is 2.02. The summed E-state index contributed by atoms with van der Waals surface area (Å²) < 4.78 is 13.1. The molecule has 0 aliphatic heterocycles. The first kappa shape index (κ1) is 16.4. The Balaban J connectivity index is 1.96. The summed E-state index contributed by atoms with van der Waals surface area (Å²) in [6, 6.07) is 9.08. The van der Waals surface area contributed by atoms with Crippen LogP contribution in [0, 0.1) is 5.82 Å². The number of nitrogens with zero attached hydrogens (tertiary/aromatic N) is 5. The van der Waals surface area contributed by atoms with Crippen LogP contribution in [0.3, 0.4) is 0 Å². The number of anilines is 2. The van der Waals surface area contributed by atoms with Crippen molar-refractivity contribution in [1.82, 2.24) is 19.9 Å². The predicted molar refractivity (Wildman–Crippen MR) is 91.7 cm³/mol. The number of rotatable bonds is 4. The lowest BCUT2D eigenvalue weighted by atomic mass is 10.2. The predicted octanol–water partition coefficient (Wildman–Crippen LogP) is 2.39. The normalized spacial score (nSPS) is 10.4. The number of hydrogen-bond donors (Lipinski definition) is 1. The average Bonchev–Trinajstić information content (AvgIpc) is 2.62. The van der Waals surface area contributed by atoms with Crippen molar-refractivity contribution >= 4 is 17.8 Å². The molecular weight excluding hydrogens is 323 g/mol. The first-order valence-electron chi connectivity index (χ1n) is 7.43. The van der Waals surface area contributed by atoms with Crippen LogP contribution in [0.5, 0.6) is 0 Å².